The zero-order valence-corrected chi connectivity index (χ0v) is 12.7. The molecule has 20 heavy (non-hydrogen) atoms. The number of methoxy groups -OCH3 is 1. The first kappa shape index (κ1) is 15.0. The first-order chi connectivity index (χ1) is 9.61. The van der Waals surface area contributed by atoms with Crippen LogP contribution < -0.4 is 5.32 Å². The van der Waals surface area contributed by atoms with Crippen LogP contribution in [0.3, 0.4) is 0 Å². The van der Waals surface area contributed by atoms with E-state index in [-0.39, 0.29) is 11.5 Å². The number of Topliss-reactive ketones (excluding diaryl/α,β-unsaturated/α-hetero) is 1. The molecule has 1 fully saturated rings. The fourth-order valence-electron chi connectivity index (χ4n) is 2.49. The molecule has 2 rings (SSSR count). The van der Waals surface area contributed by atoms with Gasteiger partial charge in [-0.2, -0.15) is 0 Å². The topological polar surface area (TPSA) is 68.3 Å². The lowest BCUT2D eigenvalue weighted by molar-refractivity contribution is 0.0591. The van der Waals surface area contributed by atoms with Gasteiger partial charge in [0.1, 0.15) is 4.88 Å². The normalized spacial score (nSPS) is 15.9. The third-order valence-corrected chi connectivity index (χ3v) is 4.71. The molecule has 0 aliphatic heterocycles. The van der Waals surface area contributed by atoms with Crippen LogP contribution in [0, 0.1) is 5.92 Å². The highest BCUT2D eigenvalue weighted by Crippen LogP contribution is 2.27. The van der Waals surface area contributed by atoms with Crippen molar-refractivity contribution in [2.75, 3.05) is 19.0 Å². The Morgan fingerprint density at radius 3 is 2.65 bits per heavy atom. The lowest BCUT2D eigenvalue weighted by Crippen LogP contribution is -2.17. The maximum absolute atomic E-state index is 11.6. The molecule has 0 saturated heterocycles. The van der Waals surface area contributed by atoms with Crippen molar-refractivity contribution in [2.24, 2.45) is 5.92 Å². The predicted molar refractivity (Wildman–Crippen MR) is 78.5 cm³/mol. The third-order valence-electron chi connectivity index (χ3n) is 3.59. The zero-order valence-electron chi connectivity index (χ0n) is 11.9. The van der Waals surface area contributed by atoms with E-state index in [1.807, 2.05) is 0 Å². The van der Waals surface area contributed by atoms with Crippen LogP contribution in [0.15, 0.2) is 0 Å². The summed E-state index contributed by atoms with van der Waals surface area (Å²) in [4.78, 5) is 27.7. The number of hydrogen-bond acceptors (Lipinski definition) is 6. The van der Waals surface area contributed by atoms with Crippen molar-refractivity contribution in [2.45, 2.75) is 39.0 Å². The van der Waals surface area contributed by atoms with Gasteiger partial charge in [-0.1, -0.05) is 30.6 Å². The molecular formula is C14H20N2O3S. The van der Waals surface area contributed by atoms with E-state index in [1.165, 1.54) is 57.5 Å². The fourth-order valence-corrected chi connectivity index (χ4v) is 3.35. The van der Waals surface area contributed by atoms with Crippen LogP contribution in [0.25, 0.3) is 0 Å². The number of anilines is 1. The van der Waals surface area contributed by atoms with Gasteiger partial charge < -0.3 is 10.1 Å². The van der Waals surface area contributed by atoms with Gasteiger partial charge in [0.15, 0.2) is 16.6 Å². The molecule has 1 heterocycles. The van der Waals surface area contributed by atoms with Gasteiger partial charge in [0.05, 0.1) is 7.11 Å². The van der Waals surface area contributed by atoms with Gasteiger partial charge in [-0.05, 0) is 18.8 Å². The average Bonchev–Trinajstić information content (AvgIpc) is 2.90. The largest absolute Gasteiger partial charge is 0.464 e. The van der Waals surface area contributed by atoms with Crippen molar-refractivity contribution in [3.05, 3.63) is 10.6 Å². The minimum atomic E-state index is -0.558. The molecular weight excluding hydrogens is 276 g/mol. The summed E-state index contributed by atoms with van der Waals surface area (Å²) in [5.41, 5.74) is 0.121. The summed E-state index contributed by atoms with van der Waals surface area (Å²) < 4.78 is 4.66. The number of thiazole rings is 1. The van der Waals surface area contributed by atoms with Gasteiger partial charge >= 0.3 is 5.97 Å². The molecule has 0 bridgehead atoms. The SMILES string of the molecule is COC(=O)c1nc(NCC2CCCCC2)sc1C(C)=O. The Morgan fingerprint density at radius 1 is 1.35 bits per heavy atom. The Morgan fingerprint density at radius 2 is 2.05 bits per heavy atom. The Kier molecular flexibility index (Phi) is 5.11. The Bertz CT molecular complexity index is 493. The first-order valence-electron chi connectivity index (χ1n) is 6.95. The van der Waals surface area contributed by atoms with E-state index < -0.39 is 5.97 Å². The maximum atomic E-state index is 11.6. The Labute approximate surface area is 122 Å². The smallest absolute Gasteiger partial charge is 0.358 e. The van der Waals surface area contributed by atoms with Gasteiger partial charge in [-0.3, -0.25) is 4.79 Å². The summed E-state index contributed by atoms with van der Waals surface area (Å²) in [6.07, 6.45) is 6.38. The van der Waals surface area contributed by atoms with Crippen LogP contribution in [-0.2, 0) is 4.74 Å². The van der Waals surface area contributed by atoms with Crippen LogP contribution in [0.5, 0.6) is 0 Å². The van der Waals surface area contributed by atoms with Crippen molar-refractivity contribution < 1.29 is 14.3 Å². The monoisotopic (exact) mass is 296 g/mol. The number of esters is 1. The van der Waals surface area contributed by atoms with Crippen LogP contribution in [0.2, 0.25) is 0 Å². The highest BCUT2D eigenvalue weighted by molar-refractivity contribution is 7.17. The third kappa shape index (κ3) is 3.56. The minimum Gasteiger partial charge on any atom is -0.464 e. The highest BCUT2D eigenvalue weighted by atomic mass is 32.1. The number of carbonyl (C=O) groups is 2. The number of nitrogens with one attached hydrogen (secondary N) is 1. The van der Waals surface area contributed by atoms with Crippen LogP contribution in [-0.4, -0.2) is 30.4 Å². The maximum Gasteiger partial charge on any atom is 0.358 e. The second-order valence-corrected chi connectivity index (χ2v) is 6.13. The van der Waals surface area contributed by atoms with E-state index in [0.717, 1.165) is 6.54 Å². The van der Waals surface area contributed by atoms with Crippen LogP contribution in [0.4, 0.5) is 5.13 Å². The van der Waals surface area contributed by atoms with E-state index in [4.69, 9.17) is 0 Å². The number of aromatic nitrogens is 1. The van der Waals surface area contributed by atoms with E-state index >= 15 is 0 Å². The second kappa shape index (κ2) is 6.83. The summed E-state index contributed by atoms with van der Waals surface area (Å²) in [5.74, 6) is -0.0548. The molecule has 1 aromatic rings. The summed E-state index contributed by atoms with van der Waals surface area (Å²) in [6, 6.07) is 0. The second-order valence-electron chi connectivity index (χ2n) is 5.13. The number of rotatable bonds is 5. The standard InChI is InChI=1S/C14H20N2O3S/c1-9(17)12-11(13(18)19-2)16-14(20-12)15-8-10-6-4-3-5-7-10/h10H,3-8H2,1-2H3,(H,15,16). The number of ether oxygens (including phenoxy) is 1. The van der Waals surface area contributed by atoms with Crippen molar-refractivity contribution in [1.82, 2.24) is 4.98 Å². The molecule has 1 aliphatic rings. The van der Waals surface area contributed by atoms with Gasteiger partial charge in [0, 0.05) is 13.5 Å². The summed E-state index contributed by atoms with van der Waals surface area (Å²) >= 11 is 1.23. The molecule has 5 nitrogen and oxygen atoms in total. The summed E-state index contributed by atoms with van der Waals surface area (Å²) in [6.45, 7) is 2.29. The van der Waals surface area contributed by atoms with E-state index in [9.17, 15) is 9.59 Å². The van der Waals surface area contributed by atoms with E-state index in [2.05, 4.69) is 15.0 Å². The number of nitrogens with zero attached hydrogens (tertiary/aromatic N) is 1. The summed E-state index contributed by atoms with van der Waals surface area (Å²) in [7, 11) is 1.29. The Balaban J connectivity index is 2.04. The van der Waals surface area contributed by atoms with Crippen molar-refractivity contribution in [3.8, 4) is 0 Å². The van der Waals surface area contributed by atoms with Gasteiger partial charge in [0.25, 0.3) is 0 Å². The zero-order chi connectivity index (χ0) is 14.5. The van der Waals surface area contributed by atoms with E-state index in [1.54, 1.807) is 0 Å². The van der Waals surface area contributed by atoms with Gasteiger partial charge in [-0.25, -0.2) is 9.78 Å². The van der Waals surface area contributed by atoms with Gasteiger partial charge in [0.2, 0.25) is 0 Å². The molecule has 0 atom stereocenters. The fraction of sp³-hybridized carbons (Fsp3) is 0.643. The molecule has 1 aliphatic carbocycles. The van der Waals surface area contributed by atoms with Crippen LogP contribution in [0.1, 0.15) is 59.2 Å². The van der Waals surface area contributed by atoms with Crippen molar-refractivity contribution in [1.29, 1.82) is 0 Å². The van der Waals surface area contributed by atoms with Crippen molar-refractivity contribution >= 4 is 28.2 Å². The molecule has 1 aromatic heterocycles. The molecule has 0 amide bonds. The highest BCUT2D eigenvalue weighted by Gasteiger charge is 2.22. The van der Waals surface area contributed by atoms with E-state index in [0.29, 0.717) is 15.9 Å². The molecule has 0 aromatic carbocycles. The molecule has 110 valence electrons. The van der Waals surface area contributed by atoms with Crippen LogP contribution >= 0.6 is 11.3 Å². The van der Waals surface area contributed by atoms with Crippen molar-refractivity contribution in [3.63, 3.8) is 0 Å². The molecule has 1 N–H and O–H groups in total. The lowest BCUT2D eigenvalue weighted by Gasteiger charge is -2.21. The molecule has 0 radical (unpaired) electrons. The number of hydrogen-bond donors (Lipinski definition) is 1. The summed E-state index contributed by atoms with van der Waals surface area (Å²) in [5, 5.41) is 3.88. The quantitative estimate of drug-likeness (QED) is 0.668. The minimum absolute atomic E-state index is 0.121. The molecule has 6 heteroatoms. The molecule has 0 unspecified atom stereocenters. The molecule has 1 saturated carbocycles. The average molecular weight is 296 g/mol. The number of carbonyl (C=O) groups excluding carboxylic acids is 2. The number of ketones is 1. The Hall–Kier alpha value is -1.43. The lowest BCUT2D eigenvalue weighted by atomic mass is 9.89. The predicted octanol–water partition coefficient (Wildman–Crippen LogP) is 3.12. The van der Waals surface area contributed by atoms with Gasteiger partial charge in [-0.15, -0.1) is 0 Å². The first-order valence-corrected chi connectivity index (χ1v) is 7.77. The molecule has 0 spiro atoms.